The average molecular weight is 471 g/mol. The molecule has 0 aliphatic heterocycles. The molecule has 0 amide bonds. The van der Waals surface area contributed by atoms with Crippen molar-refractivity contribution in [3.63, 3.8) is 0 Å². The molecule has 0 fully saturated rings. The molecule has 6 heteroatoms. The first-order chi connectivity index (χ1) is 16.2. The molecule has 2 atom stereocenters. The lowest BCUT2D eigenvalue weighted by molar-refractivity contribution is 0.118. The predicted molar refractivity (Wildman–Crippen MR) is 147 cm³/mol. The zero-order valence-electron chi connectivity index (χ0n) is 22.2. The van der Waals surface area contributed by atoms with E-state index in [1.807, 2.05) is 0 Å². The van der Waals surface area contributed by atoms with Gasteiger partial charge in [-0.1, -0.05) is 96.3 Å². The molecule has 0 spiro atoms. The van der Waals surface area contributed by atoms with Crippen molar-refractivity contribution in [1.29, 1.82) is 0 Å². The third-order valence-corrected chi connectivity index (χ3v) is 6.88. The van der Waals surface area contributed by atoms with Gasteiger partial charge in [0.05, 0.1) is 12.3 Å². The van der Waals surface area contributed by atoms with Crippen LogP contribution in [0.3, 0.4) is 0 Å². The molecule has 0 aromatic heterocycles. The quantitative estimate of drug-likeness (QED) is 0.0854. The van der Waals surface area contributed by atoms with E-state index < -0.39 is 0 Å². The van der Waals surface area contributed by atoms with Crippen molar-refractivity contribution in [2.45, 2.75) is 147 Å². The van der Waals surface area contributed by atoms with E-state index in [-0.39, 0.29) is 12.3 Å². The standard InChI is InChI=1S/C27H62N6/c28-22-16-10-4-1-2-6-13-19-25-33(27(32)21-15-9-7-12-18-24-30)26(31)20-14-8-3-5-11-17-23-29/h26-27H,1-25,28-32H2. The highest BCUT2D eigenvalue weighted by Gasteiger charge is 2.20. The number of nitrogens with two attached hydrogens (primary N) is 5. The van der Waals surface area contributed by atoms with Crippen molar-refractivity contribution < 1.29 is 0 Å². The Balaban J connectivity index is 4.21. The van der Waals surface area contributed by atoms with Crippen molar-refractivity contribution >= 4 is 0 Å². The molecule has 2 unspecified atom stereocenters. The van der Waals surface area contributed by atoms with Crippen molar-refractivity contribution in [3.05, 3.63) is 0 Å². The Hall–Kier alpha value is -0.240. The van der Waals surface area contributed by atoms with Gasteiger partial charge in [-0.3, -0.25) is 4.90 Å². The fourth-order valence-electron chi connectivity index (χ4n) is 4.64. The molecule has 0 heterocycles. The molecule has 10 N–H and O–H groups in total. The summed E-state index contributed by atoms with van der Waals surface area (Å²) < 4.78 is 0. The van der Waals surface area contributed by atoms with Gasteiger partial charge in [-0.05, 0) is 58.2 Å². The number of hydrogen-bond donors (Lipinski definition) is 5. The first-order valence-corrected chi connectivity index (χ1v) is 14.5. The Morgan fingerprint density at radius 1 is 0.364 bits per heavy atom. The van der Waals surface area contributed by atoms with Crippen molar-refractivity contribution in [3.8, 4) is 0 Å². The zero-order valence-corrected chi connectivity index (χ0v) is 22.2. The van der Waals surface area contributed by atoms with Crippen LogP contribution < -0.4 is 28.7 Å². The van der Waals surface area contributed by atoms with Crippen LogP contribution in [0.25, 0.3) is 0 Å². The fourth-order valence-corrected chi connectivity index (χ4v) is 4.64. The van der Waals surface area contributed by atoms with E-state index in [0.29, 0.717) is 0 Å². The molecule has 0 radical (unpaired) electrons. The molecule has 33 heavy (non-hydrogen) atoms. The molecule has 200 valence electrons. The molecule has 0 saturated heterocycles. The Kier molecular flexibility index (Phi) is 26.2. The Bertz CT molecular complexity index is 369. The van der Waals surface area contributed by atoms with E-state index in [0.717, 1.165) is 51.9 Å². The Morgan fingerprint density at radius 3 is 0.970 bits per heavy atom. The smallest absolute Gasteiger partial charge is 0.0585 e. The minimum absolute atomic E-state index is 0.0929. The van der Waals surface area contributed by atoms with E-state index in [4.69, 9.17) is 28.7 Å². The molecule has 0 aromatic rings. The van der Waals surface area contributed by atoms with Gasteiger partial charge in [-0.15, -0.1) is 0 Å². The van der Waals surface area contributed by atoms with Crippen molar-refractivity contribution in [1.82, 2.24) is 4.90 Å². The summed E-state index contributed by atoms with van der Waals surface area (Å²) in [5, 5.41) is 0. The second-order valence-electron chi connectivity index (χ2n) is 10.0. The van der Waals surface area contributed by atoms with E-state index in [9.17, 15) is 0 Å². The van der Waals surface area contributed by atoms with Gasteiger partial charge in [0, 0.05) is 6.54 Å². The predicted octanol–water partition coefficient (Wildman–Crippen LogP) is 4.93. The Labute approximate surface area is 207 Å². The molecule has 0 bridgehead atoms. The van der Waals surface area contributed by atoms with Crippen LogP contribution in [-0.2, 0) is 0 Å². The van der Waals surface area contributed by atoms with Crippen LogP contribution in [-0.4, -0.2) is 43.4 Å². The van der Waals surface area contributed by atoms with Gasteiger partial charge in [-0.2, -0.15) is 0 Å². The third-order valence-electron chi connectivity index (χ3n) is 6.88. The van der Waals surface area contributed by atoms with Crippen molar-refractivity contribution in [2.24, 2.45) is 28.7 Å². The molecule has 0 aliphatic rings. The van der Waals surface area contributed by atoms with Crippen LogP contribution in [0.5, 0.6) is 0 Å². The third kappa shape index (κ3) is 22.0. The van der Waals surface area contributed by atoms with Crippen LogP contribution in [0.15, 0.2) is 0 Å². The first-order valence-electron chi connectivity index (χ1n) is 14.5. The molecule has 6 nitrogen and oxygen atoms in total. The van der Waals surface area contributed by atoms with E-state index in [1.165, 1.54) is 109 Å². The highest BCUT2D eigenvalue weighted by molar-refractivity contribution is 4.73. The second kappa shape index (κ2) is 26.4. The highest BCUT2D eigenvalue weighted by Crippen LogP contribution is 2.16. The summed E-state index contributed by atoms with van der Waals surface area (Å²) in [6.45, 7) is 3.50. The van der Waals surface area contributed by atoms with Gasteiger partial charge in [-0.25, -0.2) is 0 Å². The summed E-state index contributed by atoms with van der Waals surface area (Å²) in [6, 6.07) is 0. The number of hydrogen-bond acceptors (Lipinski definition) is 6. The van der Waals surface area contributed by atoms with E-state index in [1.54, 1.807) is 0 Å². The maximum atomic E-state index is 6.67. The van der Waals surface area contributed by atoms with Gasteiger partial charge in [0.2, 0.25) is 0 Å². The summed E-state index contributed by atoms with van der Waals surface area (Å²) in [6.07, 6.45) is 26.2. The van der Waals surface area contributed by atoms with Gasteiger partial charge in [0.1, 0.15) is 0 Å². The Morgan fingerprint density at radius 2 is 0.636 bits per heavy atom. The van der Waals surface area contributed by atoms with Gasteiger partial charge in [0.25, 0.3) is 0 Å². The minimum atomic E-state index is 0.0929. The monoisotopic (exact) mass is 471 g/mol. The van der Waals surface area contributed by atoms with E-state index >= 15 is 0 Å². The molecule has 0 aromatic carbocycles. The summed E-state index contributed by atoms with van der Waals surface area (Å²) in [5.74, 6) is 0. The lowest BCUT2D eigenvalue weighted by atomic mass is 10.0. The molecule has 0 aliphatic carbocycles. The SMILES string of the molecule is NCCCCCCCCCCN(C(N)CCCCCCCN)C(N)CCCCCCCCN. The maximum absolute atomic E-state index is 6.67. The fraction of sp³-hybridized carbons (Fsp3) is 1.00. The van der Waals surface area contributed by atoms with Crippen LogP contribution in [0.4, 0.5) is 0 Å². The largest absolute Gasteiger partial charge is 0.330 e. The summed E-state index contributed by atoms with van der Waals surface area (Å²) in [5.41, 5.74) is 30.1. The van der Waals surface area contributed by atoms with E-state index in [2.05, 4.69) is 4.90 Å². The van der Waals surface area contributed by atoms with Crippen molar-refractivity contribution in [2.75, 3.05) is 26.2 Å². The number of unbranched alkanes of at least 4 members (excludes halogenated alkanes) is 16. The zero-order chi connectivity index (χ0) is 24.4. The lowest BCUT2D eigenvalue weighted by Crippen LogP contribution is -2.52. The summed E-state index contributed by atoms with van der Waals surface area (Å²) in [7, 11) is 0. The van der Waals surface area contributed by atoms with Crippen LogP contribution in [0.2, 0.25) is 0 Å². The molecular weight excluding hydrogens is 408 g/mol. The van der Waals surface area contributed by atoms with Crippen LogP contribution in [0.1, 0.15) is 135 Å². The summed E-state index contributed by atoms with van der Waals surface area (Å²) in [4.78, 5) is 2.41. The maximum Gasteiger partial charge on any atom is 0.0585 e. The number of rotatable bonds is 27. The highest BCUT2D eigenvalue weighted by atomic mass is 15.3. The lowest BCUT2D eigenvalue weighted by Gasteiger charge is -2.34. The van der Waals surface area contributed by atoms with Crippen LogP contribution in [0, 0.1) is 0 Å². The summed E-state index contributed by atoms with van der Waals surface area (Å²) >= 11 is 0. The number of nitrogens with zero attached hydrogens (tertiary/aromatic N) is 1. The van der Waals surface area contributed by atoms with Gasteiger partial charge in [0.15, 0.2) is 0 Å². The average Bonchev–Trinajstić information content (AvgIpc) is 2.81. The molecular formula is C27H62N6. The molecule has 0 saturated carbocycles. The first kappa shape index (κ1) is 32.8. The topological polar surface area (TPSA) is 133 Å². The van der Waals surface area contributed by atoms with Crippen LogP contribution >= 0.6 is 0 Å². The second-order valence-corrected chi connectivity index (χ2v) is 10.0. The molecule has 0 rings (SSSR count). The minimum Gasteiger partial charge on any atom is -0.330 e. The van der Waals surface area contributed by atoms with Gasteiger partial charge >= 0.3 is 0 Å². The normalized spacial score (nSPS) is 13.6. The van der Waals surface area contributed by atoms with Gasteiger partial charge < -0.3 is 28.7 Å².